The van der Waals surface area contributed by atoms with Crippen molar-refractivity contribution >= 4 is 33.6 Å². The quantitative estimate of drug-likeness (QED) is 0.448. The number of methoxy groups -OCH3 is 1. The van der Waals surface area contributed by atoms with Gasteiger partial charge in [0, 0.05) is 30.8 Å². The van der Waals surface area contributed by atoms with E-state index in [9.17, 15) is 13.2 Å². The number of ether oxygens (including phenoxy) is 1. The highest BCUT2D eigenvalue weighted by Gasteiger charge is 2.15. The van der Waals surface area contributed by atoms with Crippen LogP contribution in [0.1, 0.15) is 12.5 Å². The average Bonchev–Trinajstić information content (AvgIpc) is 2.72. The summed E-state index contributed by atoms with van der Waals surface area (Å²) in [5.74, 6) is 0.148. The minimum absolute atomic E-state index is 0.0996. The van der Waals surface area contributed by atoms with Gasteiger partial charge in [0.05, 0.1) is 12.4 Å². The average molecular weight is 439 g/mol. The number of nitrogens with one attached hydrogen (secondary N) is 1. The lowest BCUT2D eigenvalue weighted by Crippen LogP contribution is -2.36. The molecule has 0 radical (unpaired) electrons. The van der Waals surface area contributed by atoms with Gasteiger partial charge < -0.3 is 19.1 Å². The second-order valence-corrected chi connectivity index (χ2v) is 8.89. The first-order valence-electron chi connectivity index (χ1n) is 9.07. The van der Waals surface area contributed by atoms with E-state index in [1.807, 2.05) is 30.5 Å². The molecule has 9 heteroatoms. The standard InChI is InChI=1S/C20H26N2O5S2/c1-4-29(24,25)27-18-9-5-16(6-10-18)15-22(13-14-26-2)20(23)21-17-7-11-19(28-3)12-8-17/h5-12H,4,13-15H2,1-3H3,(H,21,23). The van der Waals surface area contributed by atoms with E-state index in [0.717, 1.165) is 10.5 Å². The Bertz CT molecular complexity index is 884. The minimum atomic E-state index is -3.57. The van der Waals surface area contributed by atoms with Crippen molar-refractivity contribution in [1.82, 2.24) is 4.90 Å². The fourth-order valence-corrected chi connectivity index (χ4v) is 3.34. The number of thioether (sulfide) groups is 1. The highest BCUT2D eigenvalue weighted by molar-refractivity contribution is 7.98. The van der Waals surface area contributed by atoms with Crippen molar-refractivity contribution in [2.75, 3.05) is 37.6 Å². The molecule has 0 aliphatic heterocycles. The fraction of sp³-hybridized carbons (Fsp3) is 0.350. The number of rotatable bonds is 10. The van der Waals surface area contributed by atoms with Gasteiger partial charge in [0.25, 0.3) is 0 Å². The second kappa shape index (κ2) is 11.1. The highest BCUT2D eigenvalue weighted by Crippen LogP contribution is 2.19. The van der Waals surface area contributed by atoms with Crippen LogP contribution in [0.25, 0.3) is 0 Å². The van der Waals surface area contributed by atoms with E-state index in [0.29, 0.717) is 25.4 Å². The van der Waals surface area contributed by atoms with Gasteiger partial charge in [-0.3, -0.25) is 0 Å². The van der Waals surface area contributed by atoms with Crippen LogP contribution in [0.2, 0.25) is 0 Å². The summed E-state index contributed by atoms with van der Waals surface area (Å²) >= 11 is 1.63. The molecular weight excluding hydrogens is 412 g/mol. The van der Waals surface area contributed by atoms with Crippen LogP contribution >= 0.6 is 11.8 Å². The van der Waals surface area contributed by atoms with Crippen molar-refractivity contribution in [3.63, 3.8) is 0 Å². The van der Waals surface area contributed by atoms with Crippen molar-refractivity contribution in [3.05, 3.63) is 54.1 Å². The van der Waals surface area contributed by atoms with Gasteiger partial charge in [-0.05, 0) is 55.1 Å². The summed E-state index contributed by atoms with van der Waals surface area (Å²) in [4.78, 5) is 15.5. The van der Waals surface area contributed by atoms with Crippen molar-refractivity contribution < 1.29 is 22.1 Å². The lowest BCUT2D eigenvalue weighted by molar-refractivity contribution is 0.153. The molecule has 2 amide bonds. The Morgan fingerprint density at radius 1 is 1.10 bits per heavy atom. The van der Waals surface area contributed by atoms with E-state index in [1.54, 1.807) is 48.0 Å². The van der Waals surface area contributed by atoms with Crippen LogP contribution in [-0.2, 0) is 21.4 Å². The highest BCUT2D eigenvalue weighted by atomic mass is 32.2. The Labute approximate surface area is 176 Å². The summed E-state index contributed by atoms with van der Waals surface area (Å²) in [6.07, 6.45) is 1.99. The van der Waals surface area contributed by atoms with Crippen molar-refractivity contribution in [2.45, 2.75) is 18.4 Å². The molecule has 0 saturated carbocycles. The van der Waals surface area contributed by atoms with E-state index in [-0.39, 0.29) is 17.5 Å². The molecule has 2 rings (SSSR count). The van der Waals surface area contributed by atoms with Gasteiger partial charge >= 0.3 is 16.1 Å². The first-order valence-corrected chi connectivity index (χ1v) is 11.9. The van der Waals surface area contributed by atoms with Gasteiger partial charge in [-0.1, -0.05) is 12.1 Å². The van der Waals surface area contributed by atoms with Gasteiger partial charge in [0.2, 0.25) is 0 Å². The van der Waals surface area contributed by atoms with Crippen LogP contribution in [0.5, 0.6) is 5.75 Å². The number of carbonyl (C=O) groups excluding carboxylic acids is 1. The Balaban J connectivity index is 2.05. The molecule has 0 aliphatic rings. The largest absolute Gasteiger partial charge is 0.383 e. The first-order chi connectivity index (χ1) is 13.9. The molecule has 0 bridgehead atoms. The maximum absolute atomic E-state index is 12.7. The Hall–Kier alpha value is -2.23. The molecule has 1 N–H and O–H groups in total. The fourth-order valence-electron chi connectivity index (χ4n) is 2.41. The third-order valence-electron chi connectivity index (χ3n) is 4.07. The zero-order chi connectivity index (χ0) is 21.3. The van der Waals surface area contributed by atoms with Gasteiger partial charge in [-0.2, -0.15) is 8.42 Å². The SMILES string of the molecule is CCS(=O)(=O)Oc1ccc(CN(CCOC)C(=O)Nc2ccc(SC)cc2)cc1. The predicted octanol–water partition coefficient (Wildman–Crippen LogP) is 3.82. The van der Waals surface area contributed by atoms with Crippen LogP contribution in [0.3, 0.4) is 0 Å². The molecule has 0 spiro atoms. The summed E-state index contributed by atoms with van der Waals surface area (Å²) < 4.78 is 33.2. The van der Waals surface area contributed by atoms with Crippen molar-refractivity contribution in [1.29, 1.82) is 0 Å². The first kappa shape index (κ1) is 23.1. The van der Waals surface area contributed by atoms with E-state index in [2.05, 4.69) is 5.32 Å². The molecule has 2 aromatic carbocycles. The van der Waals surface area contributed by atoms with Crippen molar-refractivity contribution in [2.24, 2.45) is 0 Å². The third kappa shape index (κ3) is 7.60. The van der Waals surface area contributed by atoms with Crippen molar-refractivity contribution in [3.8, 4) is 5.75 Å². The number of urea groups is 1. The topological polar surface area (TPSA) is 84.9 Å². The molecule has 0 saturated heterocycles. The molecule has 0 atom stereocenters. The monoisotopic (exact) mass is 438 g/mol. The van der Waals surface area contributed by atoms with Crippen LogP contribution in [-0.4, -0.2) is 51.6 Å². The van der Waals surface area contributed by atoms with E-state index >= 15 is 0 Å². The summed E-state index contributed by atoms with van der Waals surface area (Å²) in [5.41, 5.74) is 1.55. The number of hydrogen-bond acceptors (Lipinski definition) is 6. The molecule has 0 heterocycles. The number of carbonyl (C=O) groups is 1. The molecule has 0 unspecified atom stereocenters. The maximum Gasteiger partial charge on any atom is 0.322 e. The Morgan fingerprint density at radius 3 is 2.31 bits per heavy atom. The molecular formula is C20H26N2O5S2. The van der Waals surface area contributed by atoms with Gasteiger partial charge in [-0.25, -0.2) is 4.79 Å². The number of anilines is 1. The summed E-state index contributed by atoms with van der Waals surface area (Å²) in [5, 5.41) is 2.89. The number of amides is 2. The lowest BCUT2D eigenvalue weighted by Gasteiger charge is -2.23. The van der Waals surface area contributed by atoms with Crippen LogP contribution < -0.4 is 9.50 Å². The zero-order valence-corrected chi connectivity index (χ0v) is 18.4. The molecule has 29 heavy (non-hydrogen) atoms. The summed E-state index contributed by atoms with van der Waals surface area (Å²) in [7, 11) is -1.99. The number of nitrogens with zero attached hydrogens (tertiary/aromatic N) is 1. The lowest BCUT2D eigenvalue weighted by atomic mass is 10.2. The van der Waals surface area contributed by atoms with Crippen LogP contribution in [0, 0.1) is 0 Å². The second-order valence-electron chi connectivity index (χ2n) is 6.15. The molecule has 0 aromatic heterocycles. The van der Waals surface area contributed by atoms with Gasteiger partial charge in [0.15, 0.2) is 0 Å². The Kier molecular flexibility index (Phi) is 8.81. The molecule has 7 nitrogen and oxygen atoms in total. The van der Waals surface area contributed by atoms with Gasteiger partial charge in [0.1, 0.15) is 5.75 Å². The van der Waals surface area contributed by atoms with Gasteiger partial charge in [-0.15, -0.1) is 11.8 Å². The molecule has 0 aliphatic carbocycles. The van der Waals surface area contributed by atoms with E-state index < -0.39 is 10.1 Å². The summed E-state index contributed by atoms with van der Waals surface area (Å²) in [6.45, 7) is 2.67. The maximum atomic E-state index is 12.7. The van der Waals surface area contributed by atoms with E-state index in [1.165, 1.54) is 6.92 Å². The molecule has 158 valence electrons. The molecule has 2 aromatic rings. The number of benzene rings is 2. The zero-order valence-electron chi connectivity index (χ0n) is 16.8. The number of hydrogen-bond donors (Lipinski definition) is 1. The Morgan fingerprint density at radius 2 is 1.76 bits per heavy atom. The molecule has 0 fully saturated rings. The van der Waals surface area contributed by atoms with Crippen LogP contribution in [0.4, 0.5) is 10.5 Å². The summed E-state index contributed by atoms with van der Waals surface area (Å²) in [6, 6.07) is 14.0. The minimum Gasteiger partial charge on any atom is -0.383 e. The smallest absolute Gasteiger partial charge is 0.322 e. The normalized spacial score (nSPS) is 11.1. The third-order valence-corrected chi connectivity index (χ3v) is 5.96. The predicted molar refractivity (Wildman–Crippen MR) is 116 cm³/mol. The van der Waals surface area contributed by atoms with E-state index in [4.69, 9.17) is 8.92 Å². The van der Waals surface area contributed by atoms with Crippen LogP contribution in [0.15, 0.2) is 53.4 Å².